The van der Waals surface area contributed by atoms with Crippen molar-refractivity contribution in [3.63, 3.8) is 0 Å². The number of benzene rings is 1. The summed E-state index contributed by atoms with van der Waals surface area (Å²) in [7, 11) is 0. The summed E-state index contributed by atoms with van der Waals surface area (Å²) in [5, 5.41) is 4.62. The van der Waals surface area contributed by atoms with Crippen molar-refractivity contribution in [2.24, 2.45) is 0 Å². The Hall–Kier alpha value is -2.33. The lowest BCUT2D eigenvalue weighted by atomic mass is 10.2. The van der Waals surface area contributed by atoms with Crippen molar-refractivity contribution in [2.75, 3.05) is 6.54 Å². The van der Waals surface area contributed by atoms with Crippen LogP contribution in [0.4, 0.5) is 0 Å². The lowest BCUT2D eigenvalue weighted by Crippen LogP contribution is -2.21. The third-order valence-electron chi connectivity index (χ3n) is 4.05. The summed E-state index contributed by atoms with van der Waals surface area (Å²) in [6.45, 7) is 3.78. The highest BCUT2D eigenvalue weighted by Crippen LogP contribution is 2.23. The second-order valence-corrected chi connectivity index (χ2v) is 5.80. The molecule has 0 spiro atoms. The number of rotatable bonds is 7. The molecule has 2 aromatic heterocycles. The predicted molar refractivity (Wildman–Crippen MR) is 92.6 cm³/mol. The summed E-state index contributed by atoms with van der Waals surface area (Å²) < 4.78 is 7.62. The number of nitrogens with zero attached hydrogens (tertiary/aromatic N) is 1. The predicted octanol–water partition coefficient (Wildman–Crippen LogP) is 3.73. The van der Waals surface area contributed by atoms with E-state index in [1.165, 1.54) is 0 Å². The molecule has 120 valence electrons. The SMILES string of the molecule is C[C@H](NCCCCn1ccccc1=O)c1cc2ccccc2o1. The Morgan fingerprint density at radius 3 is 2.78 bits per heavy atom. The molecule has 0 unspecified atom stereocenters. The Morgan fingerprint density at radius 2 is 1.96 bits per heavy atom. The smallest absolute Gasteiger partial charge is 0.250 e. The van der Waals surface area contributed by atoms with E-state index < -0.39 is 0 Å². The van der Waals surface area contributed by atoms with Gasteiger partial charge < -0.3 is 14.3 Å². The van der Waals surface area contributed by atoms with Gasteiger partial charge in [0.1, 0.15) is 11.3 Å². The second-order valence-electron chi connectivity index (χ2n) is 5.80. The lowest BCUT2D eigenvalue weighted by molar-refractivity contribution is 0.441. The van der Waals surface area contributed by atoms with E-state index in [0.29, 0.717) is 0 Å². The molecule has 3 aromatic rings. The van der Waals surface area contributed by atoms with Crippen LogP contribution < -0.4 is 10.9 Å². The molecule has 0 bridgehead atoms. The first-order valence-corrected chi connectivity index (χ1v) is 8.11. The maximum Gasteiger partial charge on any atom is 0.250 e. The van der Waals surface area contributed by atoms with Crippen LogP contribution in [0.5, 0.6) is 0 Å². The van der Waals surface area contributed by atoms with Crippen molar-refractivity contribution in [3.05, 3.63) is 70.8 Å². The summed E-state index contributed by atoms with van der Waals surface area (Å²) in [5.41, 5.74) is 0.996. The minimum atomic E-state index is 0.0658. The van der Waals surface area contributed by atoms with Gasteiger partial charge in [-0.15, -0.1) is 0 Å². The van der Waals surface area contributed by atoms with Crippen molar-refractivity contribution in [1.82, 2.24) is 9.88 Å². The maximum absolute atomic E-state index is 11.6. The van der Waals surface area contributed by atoms with Gasteiger partial charge in [-0.05, 0) is 44.5 Å². The molecule has 1 N–H and O–H groups in total. The highest BCUT2D eigenvalue weighted by molar-refractivity contribution is 5.77. The van der Waals surface area contributed by atoms with Crippen molar-refractivity contribution in [2.45, 2.75) is 32.4 Å². The summed E-state index contributed by atoms with van der Waals surface area (Å²) in [6.07, 6.45) is 3.84. The van der Waals surface area contributed by atoms with Crippen molar-refractivity contribution in [1.29, 1.82) is 0 Å². The third kappa shape index (κ3) is 3.90. The zero-order chi connectivity index (χ0) is 16.1. The Kier molecular flexibility index (Phi) is 4.93. The molecule has 4 nitrogen and oxygen atoms in total. The molecule has 2 heterocycles. The number of hydrogen-bond donors (Lipinski definition) is 1. The Bertz CT molecular complexity index is 786. The molecule has 0 saturated carbocycles. The Morgan fingerprint density at radius 1 is 1.13 bits per heavy atom. The minimum Gasteiger partial charge on any atom is -0.459 e. The van der Waals surface area contributed by atoms with Crippen LogP contribution in [-0.2, 0) is 6.54 Å². The molecule has 0 saturated heterocycles. The van der Waals surface area contributed by atoms with E-state index in [1.807, 2.05) is 30.5 Å². The van der Waals surface area contributed by atoms with E-state index in [4.69, 9.17) is 4.42 Å². The summed E-state index contributed by atoms with van der Waals surface area (Å²) >= 11 is 0. The molecule has 1 aromatic carbocycles. The fraction of sp³-hybridized carbons (Fsp3) is 0.316. The van der Waals surface area contributed by atoms with Crippen LogP contribution >= 0.6 is 0 Å². The fourth-order valence-electron chi connectivity index (χ4n) is 2.69. The van der Waals surface area contributed by atoms with Gasteiger partial charge in [-0.25, -0.2) is 0 Å². The fourth-order valence-corrected chi connectivity index (χ4v) is 2.69. The van der Waals surface area contributed by atoms with E-state index in [1.54, 1.807) is 16.7 Å². The Balaban J connectivity index is 1.45. The molecular formula is C19H22N2O2. The largest absolute Gasteiger partial charge is 0.459 e. The zero-order valence-corrected chi connectivity index (χ0v) is 13.4. The second kappa shape index (κ2) is 7.29. The maximum atomic E-state index is 11.6. The first kappa shape index (κ1) is 15.6. The number of pyridine rings is 1. The highest BCUT2D eigenvalue weighted by Gasteiger charge is 2.10. The summed E-state index contributed by atoms with van der Waals surface area (Å²) in [4.78, 5) is 11.6. The van der Waals surface area contributed by atoms with Crippen LogP contribution in [0.15, 0.2) is 63.9 Å². The Labute approximate surface area is 135 Å². The number of furan rings is 1. The van der Waals surface area contributed by atoms with Gasteiger partial charge in [0.05, 0.1) is 6.04 Å². The van der Waals surface area contributed by atoms with Gasteiger partial charge in [0, 0.05) is 24.2 Å². The average Bonchev–Trinajstić information content (AvgIpc) is 3.00. The number of nitrogens with one attached hydrogen (secondary N) is 1. The van der Waals surface area contributed by atoms with Gasteiger partial charge in [-0.3, -0.25) is 4.79 Å². The van der Waals surface area contributed by atoms with Gasteiger partial charge in [-0.1, -0.05) is 24.3 Å². The third-order valence-corrected chi connectivity index (χ3v) is 4.05. The number of para-hydroxylation sites is 1. The lowest BCUT2D eigenvalue weighted by Gasteiger charge is -2.11. The minimum absolute atomic E-state index is 0.0658. The van der Waals surface area contributed by atoms with Gasteiger partial charge in [0.2, 0.25) is 5.56 Å². The quantitative estimate of drug-likeness (QED) is 0.676. The molecular weight excluding hydrogens is 288 g/mol. The molecule has 0 aliphatic rings. The molecule has 3 rings (SSSR count). The number of fused-ring (bicyclic) bond motifs is 1. The monoisotopic (exact) mass is 310 g/mol. The molecule has 0 aliphatic heterocycles. The van der Waals surface area contributed by atoms with Crippen LogP contribution in [0.2, 0.25) is 0 Å². The molecule has 0 radical (unpaired) electrons. The van der Waals surface area contributed by atoms with Gasteiger partial charge in [-0.2, -0.15) is 0 Å². The first-order valence-electron chi connectivity index (χ1n) is 8.11. The molecule has 0 amide bonds. The van der Waals surface area contributed by atoms with E-state index in [0.717, 1.165) is 42.7 Å². The van der Waals surface area contributed by atoms with Crippen LogP contribution in [0.1, 0.15) is 31.6 Å². The van der Waals surface area contributed by atoms with Crippen molar-refractivity contribution >= 4 is 11.0 Å². The van der Waals surface area contributed by atoms with Gasteiger partial charge >= 0.3 is 0 Å². The number of hydrogen-bond acceptors (Lipinski definition) is 3. The van der Waals surface area contributed by atoms with Crippen LogP contribution in [-0.4, -0.2) is 11.1 Å². The van der Waals surface area contributed by atoms with E-state index in [-0.39, 0.29) is 11.6 Å². The van der Waals surface area contributed by atoms with Gasteiger partial charge in [0.15, 0.2) is 0 Å². The average molecular weight is 310 g/mol. The topological polar surface area (TPSA) is 47.2 Å². The molecule has 1 atom stereocenters. The normalized spacial score (nSPS) is 12.6. The van der Waals surface area contributed by atoms with E-state index in [2.05, 4.69) is 24.4 Å². The molecule has 0 fully saturated rings. The van der Waals surface area contributed by atoms with E-state index >= 15 is 0 Å². The van der Waals surface area contributed by atoms with Crippen molar-refractivity contribution in [3.8, 4) is 0 Å². The standard InChI is InChI=1S/C19H22N2O2/c1-15(18-14-16-8-2-3-9-17(16)23-18)20-11-5-7-13-21-12-6-4-10-19(21)22/h2-4,6,8-10,12,14-15,20H,5,7,11,13H2,1H3/t15-/m0/s1. The number of aryl methyl sites for hydroxylation is 1. The number of aromatic nitrogens is 1. The highest BCUT2D eigenvalue weighted by atomic mass is 16.3. The molecule has 0 aliphatic carbocycles. The van der Waals surface area contributed by atoms with Gasteiger partial charge in [0.25, 0.3) is 0 Å². The number of unbranched alkanes of at least 4 members (excludes halogenated alkanes) is 1. The first-order chi connectivity index (χ1) is 11.2. The van der Waals surface area contributed by atoms with E-state index in [9.17, 15) is 4.79 Å². The van der Waals surface area contributed by atoms with Crippen LogP contribution in [0.25, 0.3) is 11.0 Å². The molecule has 4 heteroatoms. The summed E-state index contributed by atoms with van der Waals surface area (Å²) in [6, 6.07) is 15.6. The zero-order valence-electron chi connectivity index (χ0n) is 13.4. The van der Waals surface area contributed by atoms with Crippen molar-refractivity contribution < 1.29 is 4.42 Å². The summed E-state index contributed by atoms with van der Waals surface area (Å²) in [5.74, 6) is 0.963. The van der Waals surface area contributed by atoms with Crippen LogP contribution in [0, 0.1) is 0 Å². The molecule has 23 heavy (non-hydrogen) atoms. The van der Waals surface area contributed by atoms with Crippen LogP contribution in [0.3, 0.4) is 0 Å².